The minimum absolute atomic E-state index is 0.0224. The topological polar surface area (TPSA) is 56.1 Å². The Hall–Kier alpha value is -1.08. The number of carbonyl (C=O) groups excluding carboxylic acids is 1. The molecule has 0 spiro atoms. The normalized spacial score (nSPS) is 13.9. The molecule has 0 aliphatic rings. The fourth-order valence-corrected chi connectivity index (χ4v) is 1.51. The average molecular weight is 225 g/mol. The maximum Gasteiger partial charge on any atom is 0.226 e. The number of rotatable bonds is 7. The van der Waals surface area contributed by atoms with Crippen LogP contribution >= 0.6 is 0 Å². The van der Waals surface area contributed by atoms with Crippen LogP contribution in [0.4, 0.5) is 0 Å². The van der Waals surface area contributed by atoms with Crippen molar-refractivity contribution in [3.05, 3.63) is 0 Å². The van der Waals surface area contributed by atoms with E-state index in [9.17, 15) is 4.79 Å². The molecule has 4 nitrogen and oxygen atoms in total. The molecule has 0 fully saturated rings. The van der Waals surface area contributed by atoms with Gasteiger partial charge in [0.15, 0.2) is 0 Å². The van der Waals surface area contributed by atoms with Gasteiger partial charge in [-0.15, -0.1) is 0 Å². The molecule has 0 aromatic carbocycles. The Morgan fingerprint density at radius 1 is 1.44 bits per heavy atom. The van der Waals surface area contributed by atoms with Crippen LogP contribution in [0.25, 0.3) is 0 Å². The van der Waals surface area contributed by atoms with E-state index in [0.29, 0.717) is 19.6 Å². The monoisotopic (exact) mass is 225 g/mol. The summed E-state index contributed by atoms with van der Waals surface area (Å²) in [5, 5.41) is 11.9. The van der Waals surface area contributed by atoms with Crippen LogP contribution in [0.3, 0.4) is 0 Å². The summed E-state index contributed by atoms with van der Waals surface area (Å²) in [6, 6.07) is 2.16. The van der Waals surface area contributed by atoms with Crippen molar-refractivity contribution in [3.8, 4) is 6.07 Å². The van der Waals surface area contributed by atoms with Gasteiger partial charge in [-0.05, 0) is 20.4 Å². The van der Waals surface area contributed by atoms with Crippen molar-refractivity contribution in [1.82, 2.24) is 10.2 Å². The molecular formula is C12H23N3O. The van der Waals surface area contributed by atoms with Crippen LogP contribution in [0.1, 0.15) is 27.7 Å². The van der Waals surface area contributed by atoms with E-state index in [2.05, 4.69) is 11.4 Å². The molecule has 0 radical (unpaired) electrons. The molecule has 0 saturated carbocycles. The van der Waals surface area contributed by atoms with Crippen LogP contribution in [-0.4, -0.2) is 37.0 Å². The largest absolute Gasteiger partial charge is 0.341 e. The standard InChI is InChI=1S/C12H23N3O/c1-5-14-8-11(4)12(16)15(6-2)9-10(3)7-13/h10-11,14H,5-6,8-9H2,1-4H3. The highest BCUT2D eigenvalue weighted by Gasteiger charge is 2.20. The predicted octanol–water partition coefficient (Wildman–Crippen LogP) is 1.24. The lowest BCUT2D eigenvalue weighted by Gasteiger charge is -2.25. The predicted molar refractivity (Wildman–Crippen MR) is 64.7 cm³/mol. The third kappa shape index (κ3) is 5.13. The lowest BCUT2D eigenvalue weighted by molar-refractivity contribution is -0.135. The molecule has 2 unspecified atom stereocenters. The molecule has 16 heavy (non-hydrogen) atoms. The van der Waals surface area contributed by atoms with Gasteiger partial charge in [-0.25, -0.2) is 0 Å². The minimum Gasteiger partial charge on any atom is -0.341 e. The molecular weight excluding hydrogens is 202 g/mol. The van der Waals surface area contributed by atoms with Crippen molar-refractivity contribution in [2.24, 2.45) is 11.8 Å². The summed E-state index contributed by atoms with van der Waals surface area (Å²) >= 11 is 0. The van der Waals surface area contributed by atoms with E-state index >= 15 is 0 Å². The highest BCUT2D eigenvalue weighted by atomic mass is 16.2. The van der Waals surface area contributed by atoms with Crippen molar-refractivity contribution >= 4 is 5.91 Å². The first-order valence-electron chi connectivity index (χ1n) is 5.95. The third-order valence-corrected chi connectivity index (χ3v) is 2.53. The number of nitrogens with zero attached hydrogens (tertiary/aromatic N) is 2. The summed E-state index contributed by atoms with van der Waals surface area (Å²) < 4.78 is 0. The number of nitriles is 1. The Kier molecular flexibility index (Phi) is 7.57. The fraction of sp³-hybridized carbons (Fsp3) is 0.833. The van der Waals surface area contributed by atoms with Crippen LogP contribution in [0.2, 0.25) is 0 Å². The molecule has 1 amide bonds. The summed E-state index contributed by atoms with van der Waals surface area (Å²) in [4.78, 5) is 13.8. The molecule has 0 saturated heterocycles. The van der Waals surface area contributed by atoms with Crippen molar-refractivity contribution in [1.29, 1.82) is 5.26 Å². The van der Waals surface area contributed by atoms with Gasteiger partial charge in [0.05, 0.1) is 12.0 Å². The van der Waals surface area contributed by atoms with E-state index < -0.39 is 0 Å². The van der Waals surface area contributed by atoms with Gasteiger partial charge in [-0.3, -0.25) is 4.79 Å². The average Bonchev–Trinajstić information content (AvgIpc) is 2.31. The molecule has 0 aromatic rings. The second kappa shape index (κ2) is 8.12. The number of hydrogen-bond acceptors (Lipinski definition) is 3. The van der Waals surface area contributed by atoms with E-state index in [-0.39, 0.29) is 17.7 Å². The highest BCUT2D eigenvalue weighted by molar-refractivity contribution is 5.78. The van der Waals surface area contributed by atoms with Gasteiger partial charge < -0.3 is 10.2 Å². The summed E-state index contributed by atoms with van der Waals surface area (Å²) in [5.74, 6) is 0.00609. The zero-order chi connectivity index (χ0) is 12.6. The number of hydrogen-bond donors (Lipinski definition) is 1. The summed E-state index contributed by atoms with van der Waals surface area (Å²) in [5.41, 5.74) is 0. The van der Waals surface area contributed by atoms with Crippen molar-refractivity contribution in [2.75, 3.05) is 26.2 Å². The molecule has 0 rings (SSSR count). The molecule has 0 bridgehead atoms. The number of carbonyl (C=O) groups is 1. The van der Waals surface area contributed by atoms with Gasteiger partial charge in [-0.1, -0.05) is 13.8 Å². The minimum atomic E-state index is -0.102. The van der Waals surface area contributed by atoms with Crippen LogP contribution in [0.5, 0.6) is 0 Å². The van der Waals surface area contributed by atoms with E-state index in [1.54, 1.807) is 4.90 Å². The van der Waals surface area contributed by atoms with Gasteiger partial charge in [-0.2, -0.15) is 5.26 Å². The van der Waals surface area contributed by atoms with Crippen molar-refractivity contribution in [2.45, 2.75) is 27.7 Å². The smallest absolute Gasteiger partial charge is 0.226 e. The quantitative estimate of drug-likeness (QED) is 0.709. The van der Waals surface area contributed by atoms with Gasteiger partial charge in [0, 0.05) is 25.6 Å². The van der Waals surface area contributed by atoms with Gasteiger partial charge in [0.2, 0.25) is 5.91 Å². The molecule has 1 N–H and O–H groups in total. The molecule has 4 heteroatoms. The van der Waals surface area contributed by atoms with E-state index in [1.807, 2.05) is 27.7 Å². The van der Waals surface area contributed by atoms with Crippen LogP contribution in [-0.2, 0) is 4.79 Å². The molecule has 0 aliphatic carbocycles. The number of amides is 1. The lowest BCUT2D eigenvalue weighted by atomic mass is 10.1. The summed E-state index contributed by atoms with van der Waals surface area (Å²) in [6.07, 6.45) is 0. The maximum absolute atomic E-state index is 12.0. The summed E-state index contributed by atoms with van der Waals surface area (Å²) in [6.45, 7) is 10.5. The summed E-state index contributed by atoms with van der Waals surface area (Å²) in [7, 11) is 0. The second-order valence-electron chi connectivity index (χ2n) is 4.12. The lowest BCUT2D eigenvalue weighted by Crippen LogP contribution is -2.41. The third-order valence-electron chi connectivity index (χ3n) is 2.53. The highest BCUT2D eigenvalue weighted by Crippen LogP contribution is 2.05. The molecule has 92 valence electrons. The zero-order valence-corrected chi connectivity index (χ0v) is 10.8. The molecule has 2 atom stereocenters. The molecule has 0 heterocycles. The van der Waals surface area contributed by atoms with Gasteiger partial charge in [0.1, 0.15) is 0 Å². The van der Waals surface area contributed by atoms with Crippen LogP contribution in [0.15, 0.2) is 0 Å². The Morgan fingerprint density at radius 2 is 2.06 bits per heavy atom. The molecule has 0 aliphatic heterocycles. The van der Waals surface area contributed by atoms with Gasteiger partial charge >= 0.3 is 0 Å². The Morgan fingerprint density at radius 3 is 2.50 bits per heavy atom. The fourth-order valence-electron chi connectivity index (χ4n) is 1.51. The zero-order valence-electron chi connectivity index (χ0n) is 10.8. The van der Waals surface area contributed by atoms with Crippen LogP contribution < -0.4 is 5.32 Å². The second-order valence-corrected chi connectivity index (χ2v) is 4.12. The van der Waals surface area contributed by atoms with E-state index in [1.165, 1.54) is 0 Å². The Labute approximate surface area is 98.6 Å². The van der Waals surface area contributed by atoms with Crippen LogP contribution in [0, 0.1) is 23.2 Å². The molecule has 0 aromatic heterocycles. The Bertz CT molecular complexity index is 247. The van der Waals surface area contributed by atoms with E-state index in [0.717, 1.165) is 6.54 Å². The van der Waals surface area contributed by atoms with E-state index in [4.69, 9.17) is 5.26 Å². The first-order valence-corrected chi connectivity index (χ1v) is 5.95. The first kappa shape index (κ1) is 14.9. The SMILES string of the molecule is CCNCC(C)C(=O)N(CC)CC(C)C#N. The Balaban J connectivity index is 4.24. The number of nitrogens with one attached hydrogen (secondary N) is 1. The van der Waals surface area contributed by atoms with Crippen molar-refractivity contribution < 1.29 is 4.79 Å². The maximum atomic E-state index is 12.0. The van der Waals surface area contributed by atoms with Gasteiger partial charge in [0.25, 0.3) is 0 Å². The van der Waals surface area contributed by atoms with Crippen molar-refractivity contribution in [3.63, 3.8) is 0 Å². The first-order chi connectivity index (χ1) is 7.56.